The number of hydrogen-bond donors (Lipinski definition) is 1. The molecular weight excluding hydrogens is 311 g/mol. The van der Waals surface area contributed by atoms with Crippen LogP contribution in [0.15, 0.2) is 36.4 Å². The third-order valence-corrected chi connectivity index (χ3v) is 4.06. The van der Waals surface area contributed by atoms with Crippen molar-refractivity contribution in [2.45, 2.75) is 12.5 Å². The van der Waals surface area contributed by atoms with Gasteiger partial charge in [-0.25, -0.2) is 0 Å². The lowest BCUT2D eigenvalue weighted by atomic mass is 10.0. The summed E-state index contributed by atoms with van der Waals surface area (Å²) in [6, 6.07) is 10.7. The molecule has 0 aliphatic heterocycles. The molecule has 2 aromatic rings. The maximum absolute atomic E-state index is 10.4. The SMILES string of the molecule is COc1cc(OC)cc(C(O)Cc2cccc(Cl)c2Cl)c1. The topological polar surface area (TPSA) is 38.7 Å². The number of benzene rings is 2. The second-order valence-electron chi connectivity index (χ2n) is 4.58. The molecule has 0 aliphatic carbocycles. The van der Waals surface area contributed by atoms with Crippen molar-refractivity contribution in [3.05, 3.63) is 57.6 Å². The molecule has 2 aromatic carbocycles. The highest BCUT2D eigenvalue weighted by molar-refractivity contribution is 6.42. The van der Waals surface area contributed by atoms with E-state index in [9.17, 15) is 5.11 Å². The first-order chi connectivity index (χ1) is 10.0. The largest absolute Gasteiger partial charge is 0.497 e. The maximum Gasteiger partial charge on any atom is 0.122 e. The fraction of sp³-hybridized carbons (Fsp3) is 0.250. The van der Waals surface area contributed by atoms with Crippen molar-refractivity contribution in [3.63, 3.8) is 0 Å². The highest BCUT2D eigenvalue weighted by Crippen LogP contribution is 2.32. The standard InChI is InChI=1S/C16H16Cl2O3/c1-20-12-6-11(7-13(9-12)21-2)15(19)8-10-4-3-5-14(17)16(10)18/h3-7,9,15,19H,8H2,1-2H3. The average Bonchev–Trinajstić information content (AvgIpc) is 2.51. The lowest BCUT2D eigenvalue weighted by Crippen LogP contribution is -2.03. The molecule has 1 atom stereocenters. The van der Waals surface area contributed by atoms with Gasteiger partial charge in [-0.1, -0.05) is 35.3 Å². The van der Waals surface area contributed by atoms with Crippen molar-refractivity contribution in [3.8, 4) is 11.5 Å². The van der Waals surface area contributed by atoms with E-state index in [1.807, 2.05) is 12.1 Å². The number of ether oxygens (including phenoxy) is 2. The van der Waals surface area contributed by atoms with Gasteiger partial charge in [-0.15, -0.1) is 0 Å². The Morgan fingerprint density at radius 2 is 1.67 bits per heavy atom. The quantitative estimate of drug-likeness (QED) is 0.890. The van der Waals surface area contributed by atoms with Crippen molar-refractivity contribution >= 4 is 23.2 Å². The smallest absolute Gasteiger partial charge is 0.122 e. The molecule has 0 aromatic heterocycles. The molecule has 112 valence electrons. The van der Waals surface area contributed by atoms with Crippen molar-refractivity contribution < 1.29 is 14.6 Å². The summed E-state index contributed by atoms with van der Waals surface area (Å²) in [7, 11) is 3.14. The third-order valence-electron chi connectivity index (χ3n) is 3.20. The first-order valence-electron chi connectivity index (χ1n) is 6.39. The van der Waals surface area contributed by atoms with Gasteiger partial charge >= 0.3 is 0 Å². The molecule has 2 rings (SSSR count). The van der Waals surface area contributed by atoms with E-state index in [0.717, 1.165) is 5.56 Å². The third kappa shape index (κ3) is 3.82. The molecule has 0 saturated carbocycles. The van der Waals surface area contributed by atoms with Gasteiger partial charge in [0.25, 0.3) is 0 Å². The van der Waals surface area contributed by atoms with Crippen LogP contribution in [0, 0.1) is 0 Å². The normalized spacial score (nSPS) is 12.0. The van der Waals surface area contributed by atoms with Crippen LogP contribution in [-0.4, -0.2) is 19.3 Å². The number of aliphatic hydroxyl groups excluding tert-OH is 1. The summed E-state index contributed by atoms with van der Waals surface area (Å²) in [5, 5.41) is 11.4. The summed E-state index contributed by atoms with van der Waals surface area (Å²) in [6.07, 6.45) is -0.375. The van der Waals surface area contributed by atoms with Crippen LogP contribution < -0.4 is 9.47 Å². The van der Waals surface area contributed by atoms with Gasteiger partial charge in [-0.2, -0.15) is 0 Å². The van der Waals surface area contributed by atoms with Crippen LogP contribution >= 0.6 is 23.2 Å². The second-order valence-corrected chi connectivity index (χ2v) is 5.36. The molecule has 0 saturated heterocycles. The number of hydrogen-bond acceptors (Lipinski definition) is 3. The van der Waals surface area contributed by atoms with Crippen molar-refractivity contribution in [2.75, 3.05) is 14.2 Å². The zero-order chi connectivity index (χ0) is 15.4. The fourth-order valence-corrected chi connectivity index (χ4v) is 2.45. The van der Waals surface area contributed by atoms with E-state index in [2.05, 4.69) is 0 Å². The van der Waals surface area contributed by atoms with Crippen LogP contribution in [-0.2, 0) is 6.42 Å². The highest BCUT2D eigenvalue weighted by Gasteiger charge is 2.14. The van der Waals surface area contributed by atoms with Crippen LogP contribution in [0.5, 0.6) is 11.5 Å². The molecule has 5 heteroatoms. The molecule has 0 spiro atoms. The van der Waals surface area contributed by atoms with E-state index in [0.29, 0.717) is 33.5 Å². The minimum absolute atomic E-state index is 0.357. The van der Waals surface area contributed by atoms with E-state index in [-0.39, 0.29) is 0 Å². The molecule has 3 nitrogen and oxygen atoms in total. The zero-order valence-electron chi connectivity index (χ0n) is 11.8. The minimum Gasteiger partial charge on any atom is -0.497 e. The van der Waals surface area contributed by atoms with Gasteiger partial charge in [0.05, 0.1) is 30.4 Å². The summed E-state index contributed by atoms with van der Waals surface area (Å²) >= 11 is 12.1. The lowest BCUT2D eigenvalue weighted by Gasteiger charge is -2.15. The molecule has 21 heavy (non-hydrogen) atoms. The fourth-order valence-electron chi connectivity index (χ4n) is 2.05. The van der Waals surface area contributed by atoms with Crippen LogP contribution in [0.2, 0.25) is 10.0 Å². The van der Waals surface area contributed by atoms with Crippen molar-refractivity contribution in [1.29, 1.82) is 0 Å². The molecule has 1 N–H and O–H groups in total. The number of halogens is 2. The van der Waals surface area contributed by atoms with Gasteiger partial charge in [-0.05, 0) is 29.3 Å². The van der Waals surface area contributed by atoms with E-state index in [1.54, 1.807) is 38.5 Å². The summed E-state index contributed by atoms with van der Waals surface area (Å²) in [5.74, 6) is 1.25. The summed E-state index contributed by atoms with van der Waals surface area (Å²) < 4.78 is 10.4. The van der Waals surface area contributed by atoms with Crippen LogP contribution in [0.4, 0.5) is 0 Å². The van der Waals surface area contributed by atoms with Gasteiger partial charge in [0, 0.05) is 12.5 Å². The molecule has 1 unspecified atom stereocenters. The summed E-state index contributed by atoms with van der Waals surface area (Å²) in [6.45, 7) is 0. The molecular formula is C16H16Cl2O3. The average molecular weight is 327 g/mol. The number of aliphatic hydroxyl groups is 1. The second kappa shape index (κ2) is 7.03. The van der Waals surface area contributed by atoms with Gasteiger partial charge in [0.15, 0.2) is 0 Å². The Morgan fingerprint density at radius 3 is 2.24 bits per heavy atom. The molecule has 0 fully saturated rings. The predicted octanol–water partition coefficient (Wildman–Crippen LogP) is 4.29. The Labute approximate surface area is 134 Å². The molecule has 0 aliphatic rings. The molecule has 0 bridgehead atoms. The highest BCUT2D eigenvalue weighted by atomic mass is 35.5. The maximum atomic E-state index is 10.4. The van der Waals surface area contributed by atoms with Crippen LogP contribution in [0.1, 0.15) is 17.2 Å². The zero-order valence-corrected chi connectivity index (χ0v) is 13.3. The van der Waals surface area contributed by atoms with Gasteiger partial charge < -0.3 is 14.6 Å². The summed E-state index contributed by atoms with van der Waals surface area (Å²) in [5.41, 5.74) is 1.49. The lowest BCUT2D eigenvalue weighted by molar-refractivity contribution is 0.177. The predicted molar refractivity (Wildman–Crippen MR) is 84.7 cm³/mol. The number of methoxy groups -OCH3 is 2. The molecule has 0 heterocycles. The van der Waals surface area contributed by atoms with Crippen LogP contribution in [0.25, 0.3) is 0 Å². The van der Waals surface area contributed by atoms with Gasteiger partial charge in [0.1, 0.15) is 11.5 Å². The van der Waals surface area contributed by atoms with E-state index >= 15 is 0 Å². The van der Waals surface area contributed by atoms with Gasteiger partial charge in [0.2, 0.25) is 0 Å². The monoisotopic (exact) mass is 326 g/mol. The Kier molecular flexibility index (Phi) is 5.34. The van der Waals surface area contributed by atoms with E-state index in [4.69, 9.17) is 32.7 Å². The van der Waals surface area contributed by atoms with E-state index < -0.39 is 6.10 Å². The van der Waals surface area contributed by atoms with Crippen molar-refractivity contribution in [2.24, 2.45) is 0 Å². The molecule has 0 radical (unpaired) electrons. The van der Waals surface area contributed by atoms with E-state index in [1.165, 1.54) is 0 Å². The first-order valence-corrected chi connectivity index (χ1v) is 7.14. The minimum atomic E-state index is -0.732. The van der Waals surface area contributed by atoms with Crippen molar-refractivity contribution in [1.82, 2.24) is 0 Å². The first kappa shape index (κ1) is 16.0. The Balaban J connectivity index is 2.27. The molecule has 0 amide bonds. The van der Waals surface area contributed by atoms with Crippen LogP contribution in [0.3, 0.4) is 0 Å². The Morgan fingerprint density at radius 1 is 1.05 bits per heavy atom. The Bertz CT molecular complexity index is 607. The van der Waals surface area contributed by atoms with Gasteiger partial charge in [-0.3, -0.25) is 0 Å². The summed E-state index contributed by atoms with van der Waals surface area (Å²) in [4.78, 5) is 0. The number of rotatable bonds is 5. The Hall–Kier alpha value is -1.42.